The molecule has 0 radical (unpaired) electrons. The van der Waals surface area contributed by atoms with E-state index in [4.69, 9.17) is 10.9 Å². The van der Waals surface area contributed by atoms with Crippen molar-refractivity contribution in [3.05, 3.63) is 47.0 Å². The summed E-state index contributed by atoms with van der Waals surface area (Å²) in [5.41, 5.74) is 7.93. The molecule has 0 saturated heterocycles. The lowest BCUT2D eigenvalue weighted by atomic mass is 10.1. The average Bonchev–Trinajstić information content (AvgIpc) is 2.90. The van der Waals surface area contributed by atoms with E-state index in [9.17, 15) is 13.2 Å². The summed E-state index contributed by atoms with van der Waals surface area (Å²) >= 11 is 1.24. The van der Waals surface area contributed by atoms with Gasteiger partial charge in [0.2, 0.25) is 10.0 Å². The van der Waals surface area contributed by atoms with Crippen molar-refractivity contribution in [3.63, 3.8) is 0 Å². The van der Waals surface area contributed by atoms with Crippen molar-refractivity contribution in [1.82, 2.24) is 4.98 Å². The fourth-order valence-corrected chi connectivity index (χ4v) is 4.18. The molecule has 0 aliphatic carbocycles. The first-order valence-electron chi connectivity index (χ1n) is 8.27. The summed E-state index contributed by atoms with van der Waals surface area (Å²) in [5.74, 6) is 0.111. The van der Waals surface area contributed by atoms with E-state index in [1.165, 1.54) is 35.6 Å². The van der Waals surface area contributed by atoms with Gasteiger partial charge in [0.05, 0.1) is 10.6 Å². The van der Waals surface area contributed by atoms with Crippen LogP contribution in [0.15, 0.2) is 41.3 Å². The number of nitrogens with two attached hydrogens (primary N) is 2. The molecule has 3 aromatic rings. The first-order valence-corrected chi connectivity index (χ1v) is 10.6. The summed E-state index contributed by atoms with van der Waals surface area (Å²) in [6, 6.07) is 9.43. The number of primary sulfonamides is 1. The number of carbonyl (C=O) groups is 1. The number of rotatable bonds is 5. The van der Waals surface area contributed by atoms with Crippen LogP contribution in [-0.4, -0.2) is 19.3 Å². The molecule has 2 aromatic heterocycles. The first-order chi connectivity index (χ1) is 12.6. The van der Waals surface area contributed by atoms with Gasteiger partial charge in [-0.3, -0.25) is 4.79 Å². The van der Waals surface area contributed by atoms with Crippen LogP contribution >= 0.6 is 11.3 Å². The zero-order valence-electron chi connectivity index (χ0n) is 14.9. The number of hydrogen-bond donors (Lipinski definition) is 3. The number of anilines is 2. The fourth-order valence-electron chi connectivity index (χ4n) is 2.65. The quantitative estimate of drug-likeness (QED) is 0.602. The molecule has 0 aliphatic rings. The zero-order valence-corrected chi connectivity index (χ0v) is 16.5. The van der Waals surface area contributed by atoms with Gasteiger partial charge in [0, 0.05) is 16.8 Å². The van der Waals surface area contributed by atoms with Gasteiger partial charge in [-0.15, -0.1) is 11.3 Å². The SMILES string of the molecule is CC(C)Cc1ccc2c(N)c(C(=O)Nc3ccc(S(N)(=O)=O)cc3)sc2n1. The molecule has 7 nitrogen and oxygen atoms in total. The second-order valence-electron chi connectivity index (χ2n) is 6.62. The normalized spacial score (nSPS) is 11.9. The van der Waals surface area contributed by atoms with Crippen LogP contribution in [-0.2, 0) is 16.4 Å². The van der Waals surface area contributed by atoms with Crippen molar-refractivity contribution in [2.75, 3.05) is 11.1 Å². The van der Waals surface area contributed by atoms with E-state index in [-0.39, 0.29) is 10.8 Å². The predicted octanol–water partition coefficient (Wildman–Crippen LogP) is 2.98. The van der Waals surface area contributed by atoms with Crippen molar-refractivity contribution in [3.8, 4) is 0 Å². The van der Waals surface area contributed by atoms with E-state index in [1.54, 1.807) is 0 Å². The van der Waals surface area contributed by atoms with Gasteiger partial charge in [-0.25, -0.2) is 18.5 Å². The maximum Gasteiger partial charge on any atom is 0.267 e. The minimum atomic E-state index is -3.78. The summed E-state index contributed by atoms with van der Waals surface area (Å²) in [4.78, 5) is 18.3. The maximum absolute atomic E-state index is 12.6. The second-order valence-corrected chi connectivity index (χ2v) is 9.18. The molecule has 0 spiro atoms. The number of carbonyl (C=O) groups excluding carboxylic acids is 1. The molecular weight excluding hydrogens is 384 g/mol. The zero-order chi connectivity index (χ0) is 19.8. The summed E-state index contributed by atoms with van der Waals surface area (Å²) < 4.78 is 22.6. The lowest BCUT2D eigenvalue weighted by molar-refractivity contribution is 0.103. The topological polar surface area (TPSA) is 128 Å². The Balaban J connectivity index is 1.86. The van der Waals surface area contributed by atoms with Gasteiger partial charge in [-0.2, -0.15) is 0 Å². The molecular formula is C18H20N4O3S2. The van der Waals surface area contributed by atoms with E-state index < -0.39 is 10.0 Å². The summed E-state index contributed by atoms with van der Waals surface area (Å²) in [6.07, 6.45) is 0.853. The molecule has 5 N–H and O–H groups in total. The van der Waals surface area contributed by atoms with Crippen LogP contribution in [0.2, 0.25) is 0 Å². The highest BCUT2D eigenvalue weighted by atomic mass is 32.2. The molecule has 0 aliphatic heterocycles. The minimum absolute atomic E-state index is 0.0243. The van der Waals surface area contributed by atoms with Crippen LogP contribution in [0.4, 0.5) is 11.4 Å². The Morgan fingerprint density at radius 2 is 1.85 bits per heavy atom. The first kappa shape index (κ1) is 19.3. The number of sulfonamides is 1. The molecule has 1 amide bonds. The van der Waals surface area contributed by atoms with Gasteiger partial charge in [0.15, 0.2) is 0 Å². The van der Waals surface area contributed by atoms with Crippen LogP contribution in [0, 0.1) is 5.92 Å². The molecule has 0 bridgehead atoms. The standard InChI is InChI=1S/C18H20N4O3S2/c1-10(2)9-12-5-8-14-15(19)16(26-18(14)22-12)17(23)21-11-3-6-13(7-4-11)27(20,24)25/h3-8,10H,9,19H2,1-2H3,(H,21,23)(H2,20,24,25). The van der Waals surface area contributed by atoms with Crippen molar-refractivity contribution in [2.24, 2.45) is 11.1 Å². The number of thiophene rings is 1. The number of pyridine rings is 1. The molecule has 27 heavy (non-hydrogen) atoms. The number of nitrogens with zero attached hydrogens (tertiary/aromatic N) is 1. The third-order valence-corrected chi connectivity index (χ3v) is 5.96. The third-order valence-electron chi connectivity index (χ3n) is 3.92. The van der Waals surface area contributed by atoms with E-state index in [0.717, 1.165) is 22.3 Å². The van der Waals surface area contributed by atoms with Crippen molar-refractivity contribution < 1.29 is 13.2 Å². The molecule has 0 fully saturated rings. The molecule has 2 heterocycles. The molecule has 1 aromatic carbocycles. The van der Waals surface area contributed by atoms with Gasteiger partial charge >= 0.3 is 0 Å². The number of nitrogen functional groups attached to an aromatic ring is 1. The Hall–Kier alpha value is -2.49. The van der Waals surface area contributed by atoms with Crippen LogP contribution in [0.5, 0.6) is 0 Å². The largest absolute Gasteiger partial charge is 0.397 e. The number of hydrogen-bond acceptors (Lipinski definition) is 6. The minimum Gasteiger partial charge on any atom is -0.397 e. The lowest BCUT2D eigenvalue weighted by Gasteiger charge is -2.05. The summed E-state index contributed by atoms with van der Waals surface area (Å²) in [5, 5.41) is 8.53. The molecule has 0 saturated carbocycles. The number of nitrogens with one attached hydrogen (secondary N) is 1. The Morgan fingerprint density at radius 3 is 2.44 bits per heavy atom. The number of benzene rings is 1. The van der Waals surface area contributed by atoms with Crippen LogP contribution in [0.3, 0.4) is 0 Å². The number of amides is 1. The average molecular weight is 405 g/mol. The third kappa shape index (κ3) is 4.26. The predicted molar refractivity (Wildman–Crippen MR) is 108 cm³/mol. The van der Waals surface area contributed by atoms with E-state index >= 15 is 0 Å². The highest BCUT2D eigenvalue weighted by Crippen LogP contribution is 2.33. The monoisotopic (exact) mass is 404 g/mol. The maximum atomic E-state index is 12.6. The number of aromatic nitrogens is 1. The Bertz CT molecular complexity index is 1100. The Morgan fingerprint density at radius 1 is 1.19 bits per heavy atom. The lowest BCUT2D eigenvalue weighted by Crippen LogP contribution is -2.13. The van der Waals surface area contributed by atoms with Crippen LogP contribution < -0.4 is 16.2 Å². The highest BCUT2D eigenvalue weighted by molar-refractivity contribution is 7.89. The van der Waals surface area contributed by atoms with Crippen molar-refractivity contribution >= 4 is 48.9 Å². The van der Waals surface area contributed by atoms with Gasteiger partial charge < -0.3 is 11.1 Å². The molecule has 9 heteroatoms. The van der Waals surface area contributed by atoms with Crippen LogP contribution in [0.25, 0.3) is 10.2 Å². The highest BCUT2D eigenvalue weighted by Gasteiger charge is 2.18. The van der Waals surface area contributed by atoms with Crippen molar-refractivity contribution in [1.29, 1.82) is 0 Å². The van der Waals surface area contributed by atoms with Gasteiger partial charge in [-0.05, 0) is 48.7 Å². The fraction of sp³-hybridized carbons (Fsp3) is 0.222. The van der Waals surface area contributed by atoms with E-state index in [0.29, 0.717) is 22.2 Å². The van der Waals surface area contributed by atoms with Crippen molar-refractivity contribution in [2.45, 2.75) is 25.2 Å². The number of fused-ring (bicyclic) bond motifs is 1. The molecule has 0 unspecified atom stereocenters. The smallest absolute Gasteiger partial charge is 0.267 e. The Labute approximate surface area is 161 Å². The Kier molecular flexibility index (Phi) is 5.18. The summed E-state index contributed by atoms with van der Waals surface area (Å²) in [7, 11) is -3.78. The van der Waals surface area contributed by atoms with E-state index in [2.05, 4.69) is 24.1 Å². The van der Waals surface area contributed by atoms with E-state index in [1.807, 2.05) is 12.1 Å². The van der Waals surface area contributed by atoms with Gasteiger partial charge in [-0.1, -0.05) is 13.8 Å². The second kappa shape index (κ2) is 7.26. The van der Waals surface area contributed by atoms with Crippen LogP contribution in [0.1, 0.15) is 29.2 Å². The van der Waals surface area contributed by atoms with Gasteiger partial charge in [0.25, 0.3) is 5.91 Å². The molecule has 142 valence electrons. The molecule has 0 atom stereocenters. The van der Waals surface area contributed by atoms with Gasteiger partial charge in [0.1, 0.15) is 9.71 Å². The summed E-state index contributed by atoms with van der Waals surface area (Å²) in [6.45, 7) is 4.24. The molecule has 3 rings (SSSR count).